The summed E-state index contributed by atoms with van der Waals surface area (Å²) in [6.07, 6.45) is 0.745. The summed E-state index contributed by atoms with van der Waals surface area (Å²) >= 11 is 0. The second kappa shape index (κ2) is 5.79. The summed E-state index contributed by atoms with van der Waals surface area (Å²) < 4.78 is 0. The van der Waals surface area contributed by atoms with Gasteiger partial charge in [0.25, 0.3) is 0 Å². The van der Waals surface area contributed by atoms with Crippen LogP contribution in [0.5, 0.6) is 0 Å². The lowest BCUT2D eigenvalue weighted by atomic mass is 10.2. The van der Waals surface area contributed by atoms with Gasteiger partial charge in [-0.2, -0.15) is 0 Å². The van der Waals surface area contributed by atoms with Crippen LogP contribution in [0.3, 0.4) is 0 Å². The maximum absolute atomic E-state index is 10.9. The van der Waals surface area contributed by atoms with Crippen LogP contribution in [-0.2, 0) is 4.79 Å². The Labute approximate surface area is 68.4 Å². The normalized spacial score (nSPS) is 8.73. The smallest absolute Gasteiger partial charge is 0.222 e. The summed E-state index contributed by atoms with van der Waals surface area (Å²) in [6, 6.07) is 0. The van der Waals surface area contributed by atoms with Crippen molar-refractivity contribution in [1.29, 1.82) is 0 Å². The van der Waals surface area contributed by atoms with E-state index in [9.17, 15) is 4.79 Å². The SMILES string of the molecule is CC#CCCNC(=O)C(C)C. The largest absolute Gasteiger partial charge is 0.355 e. The fraction of sp³-hybridized carbons (Fsp3) is 0.667. The molecule has 0 spiro atoms. The number of nitrogens with one attached hydrogen (secondary N) is 1. The molecule has 62 valence electrons. The van der Waals surface area contributed by atoms with Gasteiger partial charge in [-0.25, -0.2) is 0 Å². The number of hydrogen-bond donors (Lipinski definition) is 1. The Hall–Kier alpha value is -0.970. The van der Waals surface area contributed by atoms with Crippen LogP contribution >= 0.6 is 0 Å². The Balaban J connectivity index is 3.37. The predicted molar refractivity (Wildman–Crippen MR) is 45.9 cm³/mol. The lowest BCUT2D eigenvalue weighted by Gasteiger charge is -2.04. The molecule has 0 atom stereocenters. The summed E-state index contributed by atoms with van der Waals surface area (Å²) in [4.78, 5) is 10.9. The lowest BCUT2D eigenvalue weighted by Crippen LogP contribution is -2.28. The topological polar surface area (TPSA) is 29.1 Å². The molecule has 1 amide bonds. The predicted octanol–water partition coefficient (Wildman–Crippen LogP) is 1.17. The zero-order chi connectivity index (χ0) is 8.69. The van der Waals surface area contributed by atoms with Crippen LogP contribution < -0.4 is 5.32 Å². The van der Waals surface area contributed by atoms with Gasteiger partial charge >= 0.3 is 0 Å². The second-order valence-corrected chi connectivity index (χ2v) is 2.62. The molecule has 2 nitrogen and oxygen atoms in total. The zero-order valence-corrected chi connectivity index (χ0v) is 7.40. The van der Waals surface area contributed by atoms with Crippen LogP contribution in [0.15, 0.2) is 0 Å². The highest BCUT2D eigenvalue weighted by molar-refractivity contribution is 5.77. The van der Waals surface area contributed by atoms with E-state index >= 15 is 0 Å². The summed E-state index contributed by atoms with van der Waals surface area (Å²) in [5, 5.41) is 2.78. The molecule has 0 aromatic heterocycles. The Morgan fingerprint density at radius 3 is 2.64 bits per heavy atom. The molecular formula is C9H15NO. The molecule has 0 aromatic rings. The minimum atomic E-state index is 0.0737. The first kappa shape index (κ1) is 10.0. The first-order valence-electron chi connectivity index (χ1n) is 3.85. The van der Waals surface area contributed by atoms with E-state index in [1.807, 2.05) is 13.8 Å². The van der Waals surface area contributed by atoms with Crippen molar-refractivity contribution in [3.8, 4) is 11.8 Å². The van der Waals surface area contributed by atoms with Gasteiger partial charge in [-0.1, -0.05) is 13.8 Å². The van der Waals surface area contributed by atoms with Crippen molar-refractivity contribution in [2.24, 2.45) is 5.92 Å². The van der Waals surface area contributed by atoms with Crippen LogP contribution in [0.25, 0.3) is 0 Å². The molecule has 0 aliphatic rings. The summed E-state index contributed by atoms with van der Waals surface area (Å²) in [5.74, 6) is 5.82. The molecule has 0 aliphatic heterocycles. The summed E-state index contributed by atoms with van der Waals surface area (Å²) in [5.41, 5.74) is 0. The van der Waals surface area contributed by atoms with Gasteiger partial charge in [0, 0.05) is 18.9 Å². The maximum Gasteiger partial charge on any atom is 0.222 e. The number of carbonyl (C=O) groups excluding carboxylic acids is 1. The van der Waals surface area contributed by atoms with Crippen molar-refractivity contribution in [2.45, 2.75) is 27.2 Å². The number of rotatable bonds is 3. The minimum Gasteiger partial charge on any atom is -0.355 e. The molecule has 1 N–H and O–H groups in total. The Kier molecular flexibility index (Phi) is 5.28. The molecule has 2 heteroatoms. The van der Waals surface area contributed by atoms with Crippen LogP contribution in [0, 0.1) is 17.8 Å². The average molecular weight is 153 g/mol. The summed E-state index contributed by atoms with van der Waals surface area (Å²) in [6.45, 7) is 6.21. The molecule has 11 heavy (non-hydrogen) atoms. The fourth-order valence-electron chi connectivity index (χ4n) is 0.577. The van der Waals surface area contributed by atoms with Crippen LogP contribution in [0.2, 0.25) is 0 Å². The molecular weight excluding hydrogens is 138 g/mol. The highest BCUT2D eigenvalue weighted by Crippen LogP contribution is 1.89. The first-order chi connectivity index (χ1) is 5.18. The minimum absolute atomic E-state index is 0.0737. The van der Waals surface area contributed by atoms with Crippen molar-refractivity contribution in [1.82, 2.24) is 5.32 Å². The Morgan fingerprint density at radius 2 is 2.18 bits per heavy atom. The van der Waals surface area contributed by atoms with Gasteiger partial charge in [-0.3, -0.25) is 4.79 Å². The Bertz CT molecular complexity index is 174. The van der Waals surface area contributed by atoms with Crippen molar-refractivity contribution in [2.75, 3.05) is 6.54 Å². The molecule has 0 aromatic carbocycles. The molecule has 0 aliphatic carbocycles. The molecule has 0 saturated heterocycles. The number of hydrogen-bond acceptors (Lipinski definition) is 1. The van der Waals surface area contributed by atoms with Gasteiger partial charge < -0.3 is 5.32 Å². The van der Waals surface area contributed by atoms with Gasteiger partial charge in [0.05, 0.1) is 0 Å². The highest BCUT2D eigenvalue weighted by atomic mass is 16.1. The lowest BCUT2D eigenvalue weighted by molar-refractivity contribution is -0.123. The van der Waals surface area contributed by atoms with Gasteiger partial charge in [0.1, 0.15) is 0 Å². The van der Waals surface area contributed by atoms with Gasteiger partial charge in [-0.05, 0) is 6.92 Å². The third-order valence-electron chi connectivity index (χ3n) is 1.25. The van der Waals surface area contributed by atoms with Crippen molar-refractivity contribution < 1.29 is 4.79 Å². The molecule has 0 radical (unpaired) electrons. The van der Waals surface area contributed by atoms with Crippen molar-refractivity contribution >= 4 is 5.91 Å². The molecule has 0 saturated carbocycles. The van der Waals surface area contributed by atoms with E-state index in [4.69, 9.17) is 0 Å². The second-order valence-electron chi connectivity index (χ2n) is 2.62. The summed E-state index contributed by atoms with van der Waals surface area (Å²) in [7, 11) is 0. The van der Waals surface area contributed by atoms with E-state index in [-0.39, 0.29) is 11.8 Å². The molecule has 0 bridgehead atoms. The first-order valence-corrected chi connectivity index (χ1v) is 3.85. The third kappa shape index (κ3) is 5.47. The van der Waals surface area contributed by atoms with Gasteiger partial charge in [0.15, 0.2) is 0 Å². The van der Waals surface area contributed by atoms with E-state index in [0.29, 0.717) is 6.54 Å². The standard InChI is InChI=1S/C9H15NO/c1-4-5-6-7-10-9(11)8(2)3/h8H,6-7H2,1-3H3,(H,10,11). The quantitative estimate of drug-likeness (QED) is 0.478. The molecule has 0 heterocycles. The molecule has 0 unspecified atom stereocenters. The van der Waals surface area contributed by atoms with E-state index < -0.39 is 0 Å². The number of carbonyl (C=O) groups is 1. The van der Waals surface area contributed by atoms with Crippen LogP contribution in [-0.4, -0.2) is 12.5 Å². The van der Waals surface area contributed by atoms with Gasteiger partial charge in [-0.15, -0.1) is 11.8 Å². The Morgan fingerprint density at radius 1 is 1.55 bits per heavy atom. The highest BCUT2D eigenvalue weighted by Gasteiger charge is 2.03. The van der Waals surface area contributed by atoms with E-state index in [1.165, 1.54) is 0 Å². The number of amides is 1. The van der Waals surface area contributed by atoms with Crippen LogP contribution in [0.1, 0.15) is 27.2 Å². The van der Waals surface area contributed by atoms with E-state index in [2.05, 4.69) is 17.2 Å². The zero-order valence-electron chi connectivity index (χ0n) is 7.40. The fourth-order valence-corrected chi connectivity index (χ4v) is 0.577. The van der Waals surface area contributed by atoms with Crippen molar-refractivity contribution in [3.05, 3.63) is 0 Å². The average Bonchev–Trinajstić information content (AvgIpc) is 1.97. The van der Waals surface area contributed by atoms with Crippen LogP contribution in [0.4, 0.5) is 0 Å². The third-order valence-corrected chi connectivity index (χ3v) is 1.25. The molecule has 0 rings (SSSR count). The maximum atomic E-state index is 10.9. The monoisotopic (exact) mass is 153 g/mol. The van der Waals surface area contributed by atoms with Crippen molar-refractivity contribution in [3.63, 3.8) is 0 Å². The van der Waals surface area contributed by atoms with E-state index in [0.717, 1.165) is 6.42 Å². The van der Waals surface area contributed by atoms with E-state index in [1.54, 1.807) is 6.92 Å². The van der Waals surface area contributed by atoms with Gasteiger partial charge in [0.2, 0.25) is 5.91 Å². The molecule has 0 fully saturated rings.